The average molecular weight is 264 g/mol. The number of aryl methyl sites for hydroxylation is 1. The molecule has 1 fully saturated rings. The molecule has 0 bridgehead atoms. The van der Waals surface area contributed by atoms with Crippen molar-refractivity contribution in [3.63, 3.8) is 0 Å². The summed E-state index contributed by atoms with van der Waals surface area (Å²) in [6.07, 6.45) is -4.19. The minimum atomic E-state index is -4.26. The van der Waals surface area contributed by atoms with Crippen LogP contribution >= 0.6 is 11.6 Å². The van der Waals surface area contributed by atoms with Crippen molar-refractivity contribution >= 4 is 11.6 Å². The second kappa shape index (κ2) is 4.18. The quantitative estimate of drug-likeness (QED) is 0.818. The highest BCUT2D eigenvalue weighted by molar-refractivity contribution is 6.30. The summed E-state index contributed by atoms with van der Waals surface area (Å²) in [5.74, 6) is 0. The van der Waals surface area contributed by atoms with Crippen LogP contribution in [0.5, 0.6) is 0 Å². The van der Waals surface area contributed by atoms with Gasteiger partial charge in [-0.25, -0.2) is 0 Å². The first-order chi connectivity index (χ1) is 7.85. The number of benzene rings is 1. The van der Waals surface area contributed by atoms with Gasteiger partial charge in [0.2, 0.25) is 0 Å². The summed E-state index contributed by atoms with van der Waals surface area (Å²) in [6.45, 7) is 2.06. The number of nitrogens with one attached hydrogen (secondary N) is 1. The van der Waals surface area contributed by atoms with Crippen molar-refractivity contribution < 1.29 is 13.2 Å². The van der Waals surface area contributed by atoms with Gasteiger partial charge in [-0.15, -0.1) is 0 Å². The molecule has 1 aromatic rings. The molecule has 1 N–H and O–H groups in total. The second-order valence-electron chi connectivity index (χ2n) is 4.52. The fourth-order valence-electron chi connectivity index (χ4n) is 2.36. The zero-order valence-electron chi connectivity index (χ0n) is 9.37. The van der Waals surface area contributed by atoms with E-state index in [4.69, 9.17) is 11.6 Å². The minimum absolute atomic E-state index is 0.0658. The van der Waals surface area contributed by atoms with E-state index in [1.165, 1.54) is 6.07 Å². The van der Waals surface area contributed by atoms with Crippen LogP contribution in [-0.4, -0.2) is 19.3 Å². The van der Waals surface area contributed by atoms with Crippen molar-refractivity contribution in [3.05, 3.63) is 34.3 Å². The molecule has 0 aromatic heterocycles. The Kier molecular flexibility index (Phi) is 3.12. The molecule has 0 aliphatic carbocycles. The number of alkyl halides is 3. The van der Waals surface area contributed by atoms with Crippen LogP contribution < -0.4 is 5.32 Å². The Bertz CT molecular complexity index is 402. The van der Waals surface area contributed by atoms with E-state index in [1.54, 1.807) is 19.1 Å². The average Bonchev–Trinajstić information content (AvgIpc) is 2.64. The summed E-state index contributed by atoms with van der Waals surface area (Å²) in [5.41, 5.74) is -0.772. The molecule has 1 aromatic carbocycles. The normalized spacial score (nSPS) is 25.2. The van der Waals surface area contributed by atoms with Gasteiger partial charge >= 0.3 is 6.18 Å². The molecule has 0 spiro atoms. The van der Waals surface area contributed by atoms with Gasteiger partial charge in [0.1, 0.15) is 5.41 Å². The van der Waals surface area contributed by atoms with Gasteiger partial charge in [0.15, 0.2) is 0 Å². The predicted molar refractivity (Wildman–Crippen MR) is 61.4 cm³/mol. The molecule has 1 unspecified atom stereocenters. The van der Waals surface area contributed by atoms with E-state index in [2.05, 4.69) is 5.32 Å². The molecule has 17 heavy (non-hydrogen) atoms. The molecular weight excluding hydrogens is 251 g/mol. The molecule has 1 atom stereocenters. The summed E-state index contributed by atoms with van der Waals surface area (Å²) in [6, 6.07) is 4.67. The summed E-state index contributed by atoms with van der Waals surface area (Å²) >= 11 is 5.85. The van der Waals surface area contributed by atoms with Crippen LogP contribution in [0.2, 0.25) is 5.02 Å². The fourth-order valence-corrected chi connectivity index (χ4v) is 2.65. The van der Waals surface area contributed by atoms with Gasteiger partial charge in [0, 0.05) is 11.6 Å². The lowest BCUT2D eigenvalue weighted by molar-refractivity contribution is -0.184. The molecule has 1 aliphatic heterocycles. The molecule has 2 rings (SSSR count). The zero-order valence-corrected chi connectivity index (χ0v) is 10.1. The van der Waals surface area contributed by atoms with Crippen LogP contribution in [0.3, 0.4) is 0 Å². The lowest BCUT2D eigenvalue weighted by Gasteiger charge is -2.31. The van der Waals surface area contributed by atoms with E-state index >= 15 is 0 Å². The molecule has 5 heteroatoms. The van der Waals surface area contributed by atoms with Crippen LogP contribution in [0.15, 0.2) is 18.2 Å². The van der Waals surface area contributed by atoms with Gasteiger partial charge in [0.25, 0.3) is 0 Å². The molecule has 1 heterocycles. The van der Waals surface area contributed by atoms with Crippen molar-refractivity contribution in [3.8, 4) is 0 Å². The second-order valence-corrected chi connectivity index (χ2v) is 4.96. The highest BCUT2D eigenvalue weighted by atomic mass is 35.5. The molecule has 1 saturated heterocycles. The number of rotatable bonds is 1. The van der Waals surface area contributed by atoms with Gasteiger partial charge in [-0.3, -0.25) is 0 Å². The first-order valence-corrected chi connectivity index (χ1v) is 5.78. The Balaban J connectivity index is 2.53. The van der Waals surface area contributed by atoms with Gasteiger partial charge < -0.3 is 5.32 Å². The number of hydrogen-bond donors (Lipinski definition) is 1. The third-order valence-corrected chi connectivity index (χ3v) is 3.51. The van der Waals surface area contributed by atoms with Crippen LogP contribution in [-0.2, 0) is 5.41 Å². The molecule has 0 amide bonds. The summed E-state index contributed by atoms with van der Waals surface area (Å²) < 4.78 is 39.8. The Morgan fingerprint density at radius 1 is 1.29 bits per heavy atom. The van der Waals surface area contributed by atoms with E-state index in [1.807, 2.05) is 0 Å². The van der Waals surface area contributed by atoms with E-state index in [-0.39, 0.29) is 18.5 Å². The van der Waals surface area contributed by atoms with Gasteiger partial charge in [-0.05, 0) is 43.1 Å². The molecule has 94 valence electrons. The third-order valence-electron chi connectivity index (χ3n) is 3.29. The summed E-state index contributed by atoms with van der Waals surface area (Å²) in [5, 5.41) is 3.15. The maximum atomic E-state index is 13.3. The smallest absolute Gasteiger partial charge is 0.315 e. The SMILES string of the molecule is Cc1cc(Cl)cc(C2(C(F)(F)F)CCNC2)c1. The first kappa shape index (κ1) is 12.7. The third kappa shape index (κ3) is 2.16. The van der Waals surface area contributed by atoms with Crippen molar-refractivity contribution in [2.24, 2.45) is 0 Å². The summed E-state index contributed by atoms with van der Waals surface area (Å²) in [4.78, 5) is 0. The van der Waals surface area contributed by atoms with Gasteiger partial charge in [-0.1, -0.05) is 17.7 Å². The molecule has 0 radical (unpaired) electrons. The van der Waals surface area contributed by atoms with Crippen molar-refractivity contribution in [2.45, 2.75) is 24.9 Å². The van der Waals surface area contributed by atoms with E-state index in [0.717, 1.165) is 5.56 Å². The van der Waals surface area contributed by atoms with Gasteiger partial charge in [0.05, 0.1) is 0 Å². The first-order valence-electron chi connectivity index (χ1n) is 5.40. The Morgan fingerprint density at radius 2 is 2.00 bits per heavy atom. The maximum absolute atomic E-state index is 13.3. The zero-order chi connectivity index (χ0) is 12.7. The van der Waals surface area contributed by atoms with Crippen molar-refractivity contribution in [1.82, 2.24) is 5.32 Å². The number of halogens is 4. The van der Waals surface area contributed by atoms with E-state index < -0.39 is 11.6 Å². The topological polar surface area (TPSA) is 12.0 Å². The monoisotopic (exact) mass is 263 g/mol. The molecular formula is C12H13ClF3N. The summed E-state index contributed by atoms with van der Waals surface area (Å²) in [7, 11) is 0. The van der Waals surface area contributed by atoms with E-state index in [0.29, 0.717) is 11.6 Å². The predicted octanol–water partition coefficient (Wildman–Crippen LogP) is 3.44. The minimum Gasteiger partial charge on any atom is -0.315 e. The fraction of sp³-hybridized carbons (Fsp3) is 0.500. The van der Waals surface area contributed by atoms with Crippen molar-refractivity contribution in [2.75, 3.05) is 13.1 Å². The lowest BCUT2D eigenvalue weighted by Crippen LogP contribution is -2.44. The Labute approximate surface area is 103 Å². The highest BCUT2D eigenvalue weighted by Gasteiger charge is 2.57. The lowest BCUT2D eigenvalue weighted by atomic mass is 9.78. The maximum Gasteiger partial charge on any atom is 0.399 e. The largest absolute Gasteiger partial charge is 0.399 e. The van der Waals surface area contributed by atoms with Crippen LogP contribution in [0, 0.1) is 6.92 Å². The molecule has 1 nitrogen and oxygen atoms in total. The van der Waals surface area contributed by atoms with Crippen LogP contribution in [0.4, 0.5) is 13.2 Å². The van der Waals surface area contributed by atoms with E-state index in [9.17, 15) is 13.2 Å². The molecule has 1 aliphatic rings. The Hall–Kier alpha value is -0.740. The van der Waals surface area contributed by atoms with Crippen LogP contribution in [0.1, 0.15) is 17.5 Å². The Morgan fingerprint density at radius 3 is 2.47 bits per heavy atom. The standard InChI is InChI=1S/C12H13ClF3N/c1-8-4-9(6-10(13)5-8)11(12(14,15)16)2-3-17-7-11/h4-6,17H,2-3,7H2,1H3. The number of hydrogen-bond acceptors (Lipinski definition) is 1. The van der Waals surface area contributed by atoms with Gasteiger partial charge in [-0.2, -0.15) is 13.2 Å². The molecule has 0 saturated carbocycles. The highest BCUT2D eigenvalue weighted by Crippen LogP contribution is 2.46. The van der Waals surface area contributed by atoms with Crippen molar-refractivity contribution in [1.29, 1.82) is 0 Å². The van der Waals surface area contributed by atoms with Crippen LogP contribution in [0.25, 0.3) is 0 Å².